The number of ether oxygens (including phenoxy) is 2. The van der Waals surface area contributed by atoms with Crippen molar-refractivity contribution >= 4 is 34.5 Å². The summed E-state index contributed by atoms with van der Waals surface area (Å²) in [6.07, 6.45) is 0. The van der Waals surface area contributed by atoms with Crippen LogP contribution in [0.5, 0.6) is 11.5 Å². The number of fused-ring (bicyclic) bond motifs is 2. The highest BCUT2D eigenvalue weighted by Gasteiger charge is 2.22. The summed E-state index contributed by atoms with van der Waals surface area (Å²) in [5.74, 6) is 1.09. The highest BCUT2D eigenvalue weighted by Crippen LogP contribution is 2.33. The van der Waals surface area contributed by atoms with Crippen LogP contribution in [0, 0.1) is 0 Å². The van der Waals surface area contributed by atoms with Crippen molar-refractivity contribution in [2.75, 3.05) is 24.3 Å². The lowest BCUT2D eigenvalue weighted by Gasteiger charge is -2.19. The molecule has 31 heavy (non-hydrogen) atoms. The SMILES string of the molecule is CC(C)n1c(SCC(=O)Nc2ccc3c(c2)OCCO3)nc2c1c(=O)n(C)c(=O)n2C. The maximum Gasteiger partial charge on any atom is 0.332 e. The van der Waals surface area contributed by atoms with Gasteiger partial charge in [-0.15, -0.1) is 0 Å². The van der Waals surface area contributed by atoms with Gasteiger partial charge in [0.2, 0.25) is 5.91 Å². The first-order chi connectivity index (χ1) is 14.8. The number of hydrogen-bond acceptors (Lipinski definition) is 7. The van der Waals surface area contributed by atoms with Crippen LogP contribution >= 0.6 is 11.8 Å². The number of rotatable bonds is 5. The third-order valence-corrected chi connectivity index (χ3v) is 5.89. The zero-order chi connectivity index (χ0) is 22.3. The zero-order valence-electron chi connectivity index (χ0n) is 17.7. The van der Waals surface area contributed by atoms with E-state index in [9.17, 15) is 14.4 Å². The predicted molar refractivity (Wildman–Crippen MR) is 117 cm³/mol. The third-order valence-electron chi connectivity index (χ3n) is 4.93. The molecule has 1 amide bonds. The van der Waals surface area contributed by atoms with E-state index in [-0.39, 0.29) is 17.7 Å². The van der Waals surface area contributed by atoms with Gasteiger partial charge in [-0.2, -0.15) is 0 Å². The van der Waals surface area contributed by atoms with E-state index < -0.39 is 11.2 Å². The molecule has 1 aliphatic rings. The molecule has 1 N–H and O–H groups in total. The van der Waals surface area contributed by atoms with Crippen molar-refractivity contribution in [3.63, 3.8) is 0 Å². The molecular weight excluding hydrogens is 422 g/mol. The molecule has 0 spiro atoms. The second kappa shape index (κ2) is 8.14. The summed E-state index contributed by atoms with van der Waals surface area (Å²) in [5.41, 5.74) is 0.389. The van der Waals surface area contributed by atoms with E-state index in [1.165, 1.54) is 23.4 Å². The predicted octanol–water partition coefficient (Wildman–Crippen LogP) is 1.52. The molecular formula is C20H23N5O5S. The van der Waals surface area contributed by atoms with Crippen LogP contribution in [0.3, 0.4) is 0 Å². The van der Waals surface area contributed by atoms with Gasteiger partial charge in [-0.1, -0.05) is 11.8 Å². The van der Waals surface area contributed by atoms with E-state index in [1.807, 2.05) is 13.8 Å². The smallest absolute Gasteiger partial charge is 0.332 e. The number of nitrogens with zero attached hydrogens (tertiary/aromatic N) is 4. The van der Waals surface area contributed by atoms with Gasteiger partial charge >= 0.3 is 5.69 Å². The van der Waals surface area contributed by atoms with Crippen LogP contribution in [0.2, 0.25) is 0 Å². The summed E-state index contributed by atoms with van der Waals surface area (Å²) < 4.78 is 15.2. The van der Waals surface area contributed by atoms with Crippen molar-refractivity contribution < 1.29 is 14.3 Å². The standard InChI is InChI=1S/C20H23N5O5S/c1-11(2)25-16-17(23(3)20(28)24(4)18(16)27)22-19(25)31-10-15(26)21-12-5-6-13-14(9-12)30-8-7-29-13/h5-6,9,11H,7-8,10H2,1-4H3,(H,21,26). The van der Waals surface area contributed by atoms with Crippen LogP contribution in [0.1, 0.15) is 19.9 Å². The number of carbonyl (C=O) groups excluding carboxylic acids is 1. The van der Waals surface area contributed by atoms with Crippen molar-refractivity contribution in [1.29, 1.82) is 0 Å². The van der Waals surface area contributed by atoms with Crippen molar-refractivity contribution in [3.8, 4) is 11.5 Å². The summed E-state index contributed by atoms with van der Waals surface area (Å²) in [6, 6.07) is 5.14. The largest absolute Gasteiger partial charge is 0.486 e. The minimum atomic E-state index is -0.446. The van der Waals surface area contributed by atoms with E-state index in [4.69, 9.17) is 9.47 Å². The van der Waals surface area contributed by atoms with Crippen molar-refractivity contribution in [3.05, 3.63) is 39.0 Å². The van der Waals surface area contributed by atoms with Crippen LogP contribution in [0.15, 0.2) is 32.9 Å². The number of imidazole rings is 1. The van der Waals surface area contributed by atoms with Gasteiger partial charge in [-0.05, 0) is 26.0 Å². The van der Waals surface area contributed by atoms with Gasteiger partial charge in [-0.3, -0.25) is 18.7 Å². The van der Waals surface area contributed by atoms with Gasteiger partial charge in [0.25, 0.3) is 5.56 Å². The Morgan fingerprint density at radius 2 is 1.87 bits per heavy atom. The number of hydrogen-bond donors (Lipinski definition) is 1. The second-order valence-electron chi connectivity index (χ2n) is 7.43. The van der Waals surface area contributed by atoms with Gasteiger partial charge in [0.05, 0.1) is 5.75 Å². The molecule has 0 saturated heterocycles. The van der Waals surface area contributed by atoms with Gasteiger partial charge < -0.3 is 19.4 Å². The first-order valence-corrected chi connectivity index (χ1v) is 10.8. The molecule has 1 aromatic carbocycles. The fourth-order valence-electron chi connectivity index (χ4n) is 3.42. The van der Waals surface area contributed by atoms with E-state index in [0.29, 0.717) is 46.7 Å². The number of amides is 1. The summed E-state index contributed by atoms with van der Waals surface area (Å²) >= 11 is 1.21. The number of anilines is 1. The lowest BCUT2D eigenvalue weighted by Crippen LogP contribution is -2.37. The average molecular weight is 446 g/mol. The summed E-state index contributed by atoms with van der Waals surface area (Å²) in [4.78, 5) is 42.0. The monoisotopic (exact) mass is 445 g/mol. The fourth-order valence-corrected chi connectivity index (χ4v) is 4.35. The van der Waals surface area contributed by atoms with E-state index in [1.54, 1.807) is 29.8 Å². The van der Waals surface area contributed by atoms with Gasteiger partial charge in [0.1, 0.15) is 13.2 Å². The van der Waals surface area contributed by atoms with Crippen LogP contribution in [0.25, 0.3) is 11.2 Å². The molecule has 2 aromatic heterocycles. The average Bonchev–Trinajstić information content (AvgIpc) is 3.15. The second-order valence-corrected chi connectivity index (χ2v) is 8.37. The fraction of sp³-hybridized carbons (Fsp3) is 0.400. The van der Waals surface area contributed by atoms with Gasteiger partial charge in [0, 0.05) is 31.9 Å². The number of aromatic nitrogens is 4. The molecule has 10 nitrogen and oxygen atoms in total. The van der Waals surface area contributed by atoms with E-state index in [2.05, 4.69) is 10.3 Å². The summed E-state index contributed by atoms with van der Waals surface area (Å²) in [5, 5.41) is 3.33. The van der Waals surface area contributed by atoms with Crippen molar-refractivity contribution in [1.82, 2.24) is 18.7 Å². The zero-order valence-corrected chi connectivity index (χ0v) is 18.5. The molecule has 11 heteroatoms. The maximum absolute atomic E-state index is 12.7. The quantitative estimate of drug-likeness (QED) is 0.593. The molecule has 1 aliphatic heterocycles. The molecule has 0 unspecified atom stereocenters. The first-order valence-electron chi connectivity index (χ1n) is 9.78. The Morgan fingerprint density at radius 1 is 1.16 bits per heavy atom. The number of aryl methyl sites for hydroxylation is 1. The van der Waals surface area contributed by atoms with Crippen molar-refractivity contribution in [2.24, 2.45) is 14.1 Å². The molecule has 0 atom stereocenters. The van der Waals surface area contributed by atoms with E-state index >= 15 is 0 Å². The Kier molecular flexibility index (Phi) is 5.52. The number of benzene rings is 1. The first kappa shape index (κ1) is 21.0. The van der Waals surface area contributed by atoms with Crippen LogP contribution < -0.4 is 26.0 Å². The normalized spacial score (nSPS) is 13.1. The number of nitrogens with one attached hydrogen (secondary N) is 1. The molecule has 0 aliphatic carbocycles. The Hall–Kier alpha value is -3.21. The number of thioether (sulfide) groups is 1. The molecule has 0 saturated carbocycles. The number of carbonyl (C=O) groups is 1. The Labute approximate surface area is 181 Å². The lowest BCUT2D eigenvalue weighted by atomic mass is 10.2. The summed E-state index contributed by atoms with van der Waals surface area (Å²) in [7, 11) is 3.01. The van der Waals surface area contributed by atoms with Gasteiger partial charge in [0.15, 0.2) is 27.8 Å². The molecule has 3 heterocycles. The maximum atomic E-state index is 12.7. The van der Waals surface area contributed by atoms with Crippen LogP contribution in [-0.2, 0) is 18.9 Å². The van der Waals surface area contributed by atoms with E-state index in [0.717, 1.165) is 4.57 Å². The molecule has 4 rings (SSSR count). The van der Waals surface area contributed by atoms with Crippen LogP contribution in [0.4, 0.5) is 5.69 Å². The van der Waals surface area contributed by atoms with Gasteiger partial charge in [-0.25, -0.2) is 9.78 Å². The third kappa shape index (κ3) is 3.80. The molecule has 0 radical (unpaired) electrons. The van der Waals surface area contributed by atoms with Crippen molar-refractivity contribution in [2.45, 2.75) is 25.0 Å². The molecule has 0 fully saturated rings. The molecule has 164 valence electrons. The lowest BCUT2D eigenvalue weighted by molar-refractivity contribution is -0.113. The minimum absolute atomic E-state index is 0.0821. The highest BCUT2D eigenvalue weighted by molar-refractivity contribution is 7.99. The topological polar surface area (TPSA) is 109 Å². The Balaban J connectivity index is 1.57. The minimum Gasteiger partial charge on any atom is -0.486 e. The molecule has 3 aromatic rings. The Bertz CT molecular complexity index is 1290. The molecule has 0 bridgehead atoms. The highest BCUT2D eigenvalue weighted by atomic mass is 32.2. The summed E-state index contributed by atoms with van der Waals surface area (Å²) in [6.45, 7) is 4.81. The van der Waals surface area contributed by atoms with Crippen LogP contribution in [-0.4, -0.2) is 43.6 Å². The Morgan fingerprint density at radius 3 is 2.58 bits per heavy atom.